The van der Waals surface area contributed by atoms with E-state index in [1.165, 1.54) is 11.8 Å². The van der Waals surface area contributed by atoms with Crippen molar-refractivity contribution >= 4 is 40.3 Å². The number of carboxylic acids is 1. The lowest BCUT2D eigenvalue weighted by Crippen LogP contribution is -2.20. The van der Waals surface area contributed by atoms with E-state index in [1.54, 1.807) is 0 Å². The van der Waals surface area contributed by atoms with Gasteiger partial charge in [-0.3, -0.25) is 10.1 Å². The van der Waals surface area contributed by atoms with E-state index >= 15 is 0 Å². The SMILES string of the molecule is CCCSc1nsc(NC(=O)COCC(=O)O)n1. The molecule has 0 radical (unpaired) electrons. The number of nitrogens with zero attached hydrogens (tertiary/aromatic N) is 2. The number of aromatic nitrogens is 2. The number of amides is 1. The van der Waals surface area contributed by atoms with Crippen LogP contribution in [0.2, 0.25) is 0 Å². The van der Waals surface area contributed by atoms with Gasteiger partial charge in [0.2, 0.25) is 10.3 Å². The highest BCUT2D eigenvalue weighted by atomic mass is 32.2. The number of carbonyl (C=O) groups excluding carboxylic acids is 1. The number of carboxylic acid groups (broad SMARTS) is 1. The predicted octanol–water partition coefficient (Wildman–Crippen LogP) is 1.08. The van der Waals surface area contributed by atoms with E-state index in [-0.39, 0.29) is 6.61 Å². The molecule has 1 rings (SSSR count). The van der Waals surface area contributed by atoms with Gasteiger partial charge in [-0.2, -0.15) is 9.36 Å². The van der Waals surface area contributed by atoms with Crippen LogP contribution in [0.4, 0.5) is 5.13 Å². The molecule has 0 spiro atoms. The fraction of sp³-hybridized carbons (Fsp3) is 0.556. The molecule has 100 valence electrons. The van der Waals surface area contributed by atoms with Crippen molar-refractivity contribution in [2.75, 3.05) is 24.3 Å². The average Bonchev–Trinajstić information content (AvgIpc) is 2.73. The maximum absolute atomic E-state index is 11.3. The van der Waals surface area contributed by atoms with Crippen LogP contribution in [0.5, 0.6) is 0 Å². The molecule has 0 aromatic carbocycles. The smallest absolute Gasteiger partial charge is 0.329 e. The Hall–Kier alpha value is -1.19. The van der Waals surface area contributed by atoms with E-state index < -0.39 is 18.5 Å². The van der Waals surface area contributed by atoms with Crippen LogP contribution in [0.15, 0.2) is 5.16 Å². The molecule has 18 heavy (non-hydrogen) atoms. The first-order chi connectivity index (χ1) is 8.61. The summed E-state index contributed by atoms with van der Waals surface area (Å²) in [5, 5.41) is 11.8. The lowest BCUT2D eigenvalue weighted by molar-refractivity contribution is -0.143. The van der Waals surface area contributed by atoms with Crippen molar-refractivity contribution in [3.8, 4) is 0 Å². The molecule has 0 fully saturated rings. The molecule has 0 unspecified atom stereocenters. The second-order valence-corrected chi connectivity index (χ2v) is 4.98. The first-order valence-corrected chi connectivity index (χ1v) is 6.93. The molecule has 0 aliphatic rings. The zero-order valence-electron chi connectivity index (χ0n) is 9.71. The number of nitrogens with one attached hydrogen (secondary N) is 1. The molecular formula is C9H13N3O4S2. The number of rotatable bonds is 8. The number of carbonyl (C=O) groups is 2. The van der Waals surface area contributed by atoms with Gasteiger partial charge in [-0.1, -0.05) is 18.7 Å². The first kappa shape index (κ1) is 14.9. The summed E-state index contributed by atoms with van der Waals surface area (Å²) in [6.45, 7) is 1.24. The molecule has 0 saturated carbocycles. The lowest BCUT2D eigenvalue weighted by atomic mass is 10.6. The quantitative estimate of drug-likeness (QED) is 0.691. The zero-order chi connectivity index (χ0) is 13.4. The van der Waals surface area contributed by atoms with Gasteiger partial charge in [0.1, 0.15) is 13.2 Å². The van der Waals surface area contributed by atoms with Gasteiger partial charge >= 0.3 is 5.97 Å². The van der Waals surface area contributed by atoms with Crippen molar-refractivity contribution in [3.63, 3.8) is 0 Å². The summed E-state index contributed by atoms with van der Waals surface area (Å²) in [5.41, 5.74) is 0. The number of hydrogen-bond acceptors (Lipinski definition) is 7. The monoisotopic (exact) mass is 291 g/mol. The predicted molar refractivity (Wildman–Crippen MR) is 68.0 cm³/mol. The average molecular weight is 291 g/mol. The Kier molecular flexibility index (Phi) is 6.61. The largest absolute Gasteiger partial charge is 0.480 e. The number of thioether (sulfide) groups is 1. The highest BCUT2D eigenvalue weighted by molar-refractivity contribution is 7.99. The third-order valence-corrected chi connectivity index (χ3v) is 3.35. The molecule has 1 amide bonds. The second kappa shape index (κ2) is 8.01. The molecule has 7 nitrogen and oxygen atoms in total. The third kappa shape index (κ3) is 5.94. The van der Waals surface area contributed by atoms with Crippen molar-refractivity contribution in [2.45, 2.75) is 18.5 Å². The Labute approximate surface area is 112 Å². The molecule has 0 atom stereocenters. The van der Waals surface area contributed by atoms with Crippen molar-refractivity contribution in [1.29, 1.82) is 0 Å². The third-order valence-electron chi connectivity index (χ3n) is 1.55. The Morgan fingerprint density at radius 2 is 2.28 bits per heavy atom. The lowest BCUT2D eigenvalue weighted by Gasteiger charge is -2.00. The molecule has 1 aromatic heterocycles. The highest BCUT2D eigenvalue weighted by Gasteiger charge is 2.09. The number of anilines is 1. The maximum atomic E-state index is 11.3. The van der Waals surface area contributed by atoms with Crippen molar-refractivity contribution < 1.29 is 19.4 Å². The van der Waals surface area contributed by atoms with Crippen LogP contribution in [-0.4, -0.2) is 45.3 Å². The van der Waals surface area contributed by atoms with Crippen molar-refractivity contribution in [2.24, 2.45) is 0 Å². The molecule has 0 saturated heterocycles. The zero-order valence-corrected chi connectivity index (χ0v) is 11.3. The summed E-state index contributed by atoms with van der Waals surface area (Å²) >= 11 is 2.60. The van der Waals surface area contributed by atoms with E-state index in [0.29, 0.717) is 10.3 Å². The molecule has 1 aromatic rings. The van der Waals surface area contributed by atoms with E-state index in [0.717, 1.165) is 23.7 Å². The van der Waals surface area contributed by atoms with Crippen molar-refractivity contribution in [3.05, 3.63) is 0 Å². The molecule has 9 heteroatoms. The van der Waals surface area contributed by atoms with Gasteiger partial charge in [-0.05, 0) is 6.42 Å². The topological polar surface area (TPSA) is 101 Å². The van der Waals surface area contributed by atoms with Crippen LogP contribution in [0.1, 0.15) is 13.3 Å². The summed E-state index contributed by atoms with van der Waals surface area (Å²) in [4.78, 5) is 25.6. The Morgan fingerprint density at radius 3 is 2.94 bits per heavy atom. The van der Waals surface area contributed by atoms with Crippen LogP contribution >= 0.6 is 23.3 Å². The van der Waals surface area contributed by atoms with Gasteiger partial charge in [0.15, 0.2) is 0 Å². The van der Waals surface area contributed by atoms with Gasteiger partial charge in [0, 0.05) is 17.3 Å². The number of hydrogen-bond donors (Lipinski definition) is 2. The summed E-state index contributed by atoms with van der Waals surface area (Å²) < 4.78 is 8.70. The number of aliphatic carboxylic acids is 1. The van der Waals surface area contributed by atoms with E-state index in [9.17, 15) is 9.59 Å². The fourth-order valence-electron chi connectivity index (χ4n) is 0.899. The number of ether oxygens (including phenoxy) is 1. The van der Waals surface area contributed by atoms with Crippen LogP contribution < -0.4 is 5.32 Å². The van der Waals surface area contributed by atoms with Crippen LogP contribution in [0.25, 0.3) is 0 Å². The van der Waals surface area contributed by atoms with Crippen molar-refractivity contribution in [1.82, 2.24) is 9.36 Å². The van der Waals surface area contributed by atoms with Crippen LogP contribution in [0, 0.1) is 0 Å². The molecule has 0 aliphatic heterocycles. The fourth-order valence-corrected chi connectivity index (χ4v) is 2.31. The van der Waals surface area contributed by atoms with Crippen LogP contribution in [-0.2, 0) is 14.3 Å². The van der Waals surface area contributed by atoms with Crippen LogP contribution in [0.3, 0.4) is 0 Å². The minimum atomic E-state index is -1.11. The molecular weight excluding hydrogens is 278 g/mol. The van der Waals surface area contributed by atoms with Gasteiger partial charge in [0.05, 0.1) is 0 Å². The molecule has 1 heterocycles. The Bertz CT molecular complexity index is 410. The van der Waals surface area contributed by atoms with Gasteiger partial charge in [0.25, 0.3) is 5.91 Å². The Balaban J connectivity index is 2.30. The molecule has 0 bridgehead atoms. The molecule has 2 N–H and O–H groups in total. The summed E-state index contributed by atoms with van der Waals surface area (Å²) in [6, 6.07) is 0. The van der Waals surface area contributed by atoms with Gasteiger partial charge in [-0.25, -0.2) is 4.79 Å². The standard InChI is InChI=1S/C9H13N3O4S2/c1-2-3-17-9-11-8(18-12-9)10-6(13)4-16-5-7(14)15/h2-5H2,1H3,(H,14,15)(H,10,11,12,13). The van der Waals surface area contributed by atoms with E-state index in [2.05, 4.69) is 26.3 Å². The van der Waals surface area contributed by atoms with E-state index in [4.69, 9.17) is 5.11 Å². The van der Waals surface area contributed by atoms with Gasteiger partial charge in [-0.15, -0.1) is 0 Å². The Morgan fingerprint density at radius 1 is 1.50 bits per heavy atom. The summed E-state index contributed by atoms with van der Waals surface area (Å²) in [7, 11) is 0. The minimum Gasteiger partial charge on any atom is -0.480 e. The summed E-state index contributed by atoms with van der Waals surface area (Å²) in [5.74, 6) is -0.636. The first-order valence-electron chi connectivity index (χ1n) is 5.17. The van der Waals surface area contributed by atoms with Gasteiger partial charge < -0.3 is 9.84 Å². The van der Waals surface area contributed by atoms with E-state index in [1.807, 2.05) is 0 Å². The summed E-state index contributed by atoms with van der Waals surface area (Å²) in [6.07, 6.45) is 1.02. The highest BCUT2D eigenvalue weighted by Crippen LogP contribution is 2.20. The maximum Gasteiger partial charge on any atom is 0.329 e. The molecule has 0 aliphatic carbocycles. The minimum absolute atomic E-state index is 0.316. The second-order valence-electron chi connectivity index (χ2n) is 3.17. The normalized spacial score (nSPS) is 10.3.